The molecule has 0 amide bonds. The largest absolute Gasteiger partial charge is 0.262 e. The first-order valence-electron chi connectivity index (χ1n) is 6.96. The third-order valence-corrected chi connectivity index (χ3v) is 3.79. The topological polar surface area (TPSA) is 30.7 Å². The Hall–Kier alpha value is -2.42. The van der Waals surface area contributed by atoms with E-state index in [1.54, 1.807) is 6.20 Å². The Morgan fingerprint density at radius 1 is 0.950 bits per heavy atom. The maximum atomic E-state index is 4.41. The van der Waals surface area contributed by atoms with Gasteiger partial charge < -0.3 is 0 Å². The molecule has 2 aromatic heterocycles. The van der Waals surface area contributed by atoms with Gasteiger partial charge in [0.2, 0.25) is 0 Å². The molecule has 20 heavy (non-hydrogen) atoms. The summed E-state index contributed by atoms with van der Waals surface area (Å²) in [7, 11) is 0. The van der Waals surface area contributed by atoms with Crippen LogP contribution in [0.1, 0.15) is 24.3 Å². The molecule has 1 aliphatic carbocycles. The van der Waals surface area contributed by atoms with Crippen LogP contribution >= 0.6 is 0 Å². The van der Waals surface area contributed by atoms with Gasteiger partial charge in [-0.2, -0.15) is 5.10 Å². The predicted molar refractivity (Wildman–Crippen MR) is 78.8 cm³/mol. The summed E-state index contributed by atoms with van der Waals surface area (Å²) in [4.78, 5) is 4.16. The lowest BCUT2D eigenvalue weighted by Crippen LogP contribution is -1.99. The number of hydrogen-bond acceptors (Lipinski definition) is 2. The molecule has 0 aliphatic heterocycles. The van der Waals surface area contributed by atoms with Crippen molar-refractivity contribution in [3.05, 3.63) is 66.6 Å². The molecule has 0 bridgehead atoms. The molecule has 3 nitrogen and oxygen atoms in total. The lowest BCUT2D eigenvalue weighted by Gasteiger charge is -2.08. The fourth-order valence-corrected chi connectivity index (χ4v) is 2.55. The van der Waals surface area contributed by atoms with Gasteiger partial charge in [0, 0.05) is 11.8 Å². The summed E-state index contributed by atoms with van der Waals surface area (Å²) in [5.41, 5.74) is 4.73. The summed E-state index contributed by atoms with van der Waals surface area (Å²) >= 11 is 0. The average molecular weight is 261 g/mol. The molecule has 0 atom stereocenters. The Balaban J connectivity index is 1.73. The maximum Gasteiger partial charge on any atom is 0.0836 e. The molecular weight excluding hydrogens is 246 g/mol. The van der Waals surface area contributed by atoms with E-state index in [1.165, 1.54) is 24.0 Å². The van der Waals surface area contributed by atoms with Crippen LogP contribution in [-0.4, -0.2) is 14.8 Å². The van der Waals surface area contributed by atoms with Crippen molar-refractivity contribution >= 4 is 0 Å². The van der Waals surface area contributed by atoms with E-state index in [0.29, 0.717) is 0 Å². The van der Waals surface area contributed by atoms with Crippen LogP contribution in [0, 0.1) is 0 Å². The molecule has 0 saturated heterocycles. The van der Waals surface area contributed by atoms with E-state index in [2.05, 4.69) is 34.3 Å². The van der Waals surface area contributed by atoms with Gasteiger partial charge in [0.05, 0.1) is 23.8 Å². The Kier molecular flexibility index (Phi) is 2.62. The Morgan fingerprint density at radius 3 is 2.50 bits per heavy atom. The second kappa shape index (κ2) is 4.60. The molecule has 0 radical (unpaired) electrons. The van der Waals surface area contributed by atoms with Crippen LogP contribution in [0.15, 0.2) is 61.1 Å². The van der Waals surface area contributed by atoms with Crippen molar-refractivity contribution in [2.75, 3.05) is 0 Å². The van der Waals surface area contributed by atoms with Crippen molar-refractivity contribution in [2.24, 2.45) is 0 Å². The summed E-state index contributed by atoms with van der Waals surface area (Å²) in [5, 5.41) is 4.41. The molecule has 98 valence electrons. The minimum atomic E-state index is 0.798. The molecule has 0 unspecified atom stereocenters. The second-order valence-electron chi connectivity index (χ2n) is 5.24. The molecule has 1 aliphatic rings. The zero-order valence-corrected chi connectivity index (χ0v) is 11.1. The second-order valence-corrected chi connectivity index (χ2v) is 5.24. The van der Waals surface area contributed by atoms with Crippen LogP contribution in [0.25, 0.3) is 16.9 Å². The number of rotatable bonds is 3. The lowest BCUT2D eigenvalue weighted by molar-refractivity contribution is 0.881. The molecular formula is C17H15N3. The van der Waals surface area contributed by atoms with Crippen LogP contribution in [0.2, 0.25) is 0 Å². The fourth-order valence-electron chi connectivity index (χ4n) is 2.55. The van der Waals surface area contributed by atoms with Gasteiger partial charge in [-0.3, -0.25) is 4.98 Å². The van der Waals surface area contributed by atoms with Gasteiger partial charge >= 0.3 is 0 Å². The first-order valence-corrected chi connectivity index (χ1v) is 6.96. The summed E-state index contributed by atoms with van der Waals surface area (Å²) < 4.78 is 1.93. The van der Waals surface area contributed by atoms with E-state index in [9.17, 15) is 0 Å². The van der Waals surface area contributed by atoms with Crippen molar-refractivity contribution in [3.8, 4) is 16.9 Å². The van der Waals surface area contributed by atoms with E-state index in [-0.39, 0.29) is 0 Å². The first-order chi connectivity index (χ1) is 9.92. The van der Waals surface area contributed by atoms with Crippen LogP contribution in [0.5, 0.6) is 0 Å². The normalized spacial score (nSPS) is 14.4. The van der Waals surface area contributed by atoms with Crippen LogP contribution < -0.4 is 0 Å². The average Bonchev–Trinajstić information content (AvgIpc) is 3.25. The van der Waals surface area contributed by atoms with Gasteiger partial charge in [-0.15, -0.1) is 0 Å². The minimum Gasteiger partial charge on any atom is -0.262 e. The minimum absolute atomic E-state index is 0.798. The number of aromatic nitrogens is 3. The highest BCUT2D eigenvalue weighted by molar-refractivity contribution is 5.62. The molecule has 2 heterocycles. The van der Waals surface area contributed by atoms with Crippen LogP contribution in [0.3, 0.4) is 0 Å². The number of pyridine rings is 1. The van der Waals surface area contributed by atoms with E-state index in [1.807, 2.05) is 35.3 Å². The Bertz CT molecular complexity index is 710. The monoisotopic (exact) mass is 261 g/mol. The van der Waals surface area contributed by atoms with Gasteiger partial charge in [-0.25, -0.2) is 4.68 Å². The highest BCUT2D eigenvalue weighted by Gasteiger charge is 2.23. The van der Waals surface area contributed by atoms with Gasteiger partial charge in [-0.1, -0.05) is 24.3 Å². The van der Waals surface area contributed by atoms with Gasteiger partial charge in [0.15, 0.2) is 0 Å². The van der Waals surface area contributed by atoms with Crippen LogP contribution in [0.4, 0.5) is 0 Å². The molecule has 1 fully saturated rings. The third kappa shape index (κ3) is 2.01. The van der Waals surface area contributed by atoms with Gasteiger partial charge in [0.1, 0.15) is 0 Å². The zero-order valence-electron chi connectivity index (χ0n) is 11.1. The van der Waals surface area contributed by atoms with Crippen molar-refractivity contribution in [3.63, 3.8) is 0 Å². The lowest BCUT2D eigenvalue weighted by atomic mass is 10.1. The molecule has 1 aromatic carbocycles. The maximum absolute atomic E-state index is 4.41. The van der Waals surface area contributed by atoms with E-state index in [4.69, 9.17) is 0 Å². The summed E-state index contributed by atoms with van der Waals surface area (Å²) in [5.74, 6) is 0.798. The molecule has 3 heteroatoms. The highest BCUT2D eigenvalue weighted by Crippen LogP contribution is 2.40. The van der Waals surface area contributed by atoms with Gasteiger partial charge in [0.25, 0.3) is 0 Å². The molecule has 4 rings (SSSR count). The van der Waals surface area contributed by atoms with Crippen molar-refractivity contribution < 1.29 is 0 Å². The molecule has 0 spiro atoms. The Morgan fingerprint density at radius 2 is 1.80 bits per heavy atom. The predicted octanol–water partition coefficient (Wildman–Crippen LogP) is 3.81. The van der Waals surface area contributed by atoms with Crippen molar-refractivity contribution in [2.45, 2.75) is 18.8 Å². The van der Waals surface area contributed by atoms with Crippen LogP contribution in [-0.2, 0) is 0 Å². The fraction of sp³-hybridized carbons (Fsp3) is 0.176. The van der Waals surface area contributed by atoms with Crippen molar-refractivity contribution in [1.82, 2.24) is 14.8 Å². The SMILES string of the molecule is c1cncc(-n2nccc2-c2ccc(C3CC3)cc2)c1. The molecule has 0 N–H and O–H groups in total. The smallest absolute Gasteiger partial charge is 0.0836 e. The molecule has 3 aromatic rings. The van der Waals surface area contributed by atoms with E-state index in [0.717, 1.165) is 17.3 Å². The highest BCUT2D eigenvalue weighted by atomic mass is 15.3. The zero-order chi connectivity index (χ0) is 13.4. The summed E-state index contributed by atoms with van der Waals surface area (Å²) in [6.07, 6.45) is 8.11. The standard InChI is InChI=1S/C17H15N3/c1-2-16(12-18-10-1)20-17(9-11-19-20)15-7-5-14(6-8-15)13-3-4-13/h1-2,5-13H,3-4H2. The third-order valence-electron chi connectivity index (χ3n) is 3.79. The molecule has 1 saturated carbocycles. The van der Waals surface area contributed by atoms with Gasteiger partial charge in [-0.05, 0) is 42.5 Å². The van der Waals surface area contributed by atoms with E-state index < -0.39 is 0 Å². The van der Waals surface area contributed by atoms with Crippen molar-refractivity contribution in [1.29, 1.82) is 0 Å². The Labute approximate surface area is 117 Å². The van der Waals surface area contributed by atoms with E-state index >= 15 is 0 Å². The number of nitrogens with zero attached hydrogens (tertiary/aromatic N) is 3. The number of benzene rings is 1. The quantitative estimate of drug-likeness (QED) is 0.717. The first kappa shape index (κ1) is 11.4. The summed E-state index contributed by atoms with van der Waals surface area (Å²) in [6.45, 7) is 0. The number of hydrogen-bond donors (Lipinski definition) is 0. The summed E-state index contributed by atoms with van der Waals surface area (Å²) in [6, 6.07) is 14.9.